The molecule has 188 valence electrons. The molecule has 0 saturated carbocycles. The number of primary amides is 1. The molecule has 36 heavy (non-hydrogen) atoms. The number of fused-ring (bicyclic) bond motifs is 1. The molecule has 0 spiro atoms. The monoisotopic (exact) mass is 517 g/mol. The summed E-state index contributed by atoms with van der Waals surface area (Å²) < 4.78 is 45.5. The van der Waals surface area contributed by atoms with Crippen molar-refractivity contribution in [3.05, 3.63) is 82.1 Å². The van der Waals surface area contributed by atoms with Crippen molar-refractivity contribution in [1.29, 1.82) is 0 Å². The fraction of sp³-hybridized carbons (Fsp3) is 0.240. The van der Waals surface area contributed by atoms with E-state index in [9.17, 15) is 18.0 Å². The summed E-state index contributed by atoms with van der Waals surface area (Å²) in [4.78, 5) is 15.9. The van der Waals surface area contributed by atoms with Crippen molar-refractivity contribution in [2.75, 3.05) is 11.9 Å². The summed E-state index contributed by atoms with van der Waals surface area (Å²) >= 11 is 5.93. The van der Waals surface area contributed by atoms with Crippen molar-refractivity contribution in [2.45, 2.75) is 32.4 Å². The van der Waals surface area contributed by atoms with Crippen LogP contribution in [-0.2, 0) is 12.8 Å². The fourth-order valence-electron chi connectivity index (χ4n) is 3.73. The molecule has 0 radical (unpaired) electrons. The van der Waals surface area contributed by atoms with Crippen LogP contribution in [0.25, 0.3) is 5.65 Å². The van der Waals surface area contributed by atoms with Gasteiger partial charge in [-0.25, -0.2) is 9.50 Å². The van der Waals surface area contributed by atoms with Crippen molar-refractivity contribution < 1.29 is 22.7 Å². The predicted molar refractivity (Wildman–Crippen MR) is 131 cm³/mol. The van der Waals surface area contributed by atoms with Crippen LogP contribution in [0.5, 0.6) is 11.6 Å². The highest BCUT2D eigenvalue weighted by Gasteiger charge is 2.26. The number of carbonyl (C=O) groups is 1. The van der Waals surface area contributed by atoms with E-state index in [0.717, 1.165) is 16.8 Å². The zero-order chi connectivity index (χ0) is 25.9. The zero-order valence-corrected chi connectivity index (χ0v) is 20.0. The van der Waals surface area contributed by atoms with Crippen LogP contribution in [0.3, 0.4) is 0 Å². The maximum atomic E-state index is 12.7. The number of imidazole rings is 1. The number of anilines is 1. The van der Waals surface area contributed by atoms with E-state index in [2.05, 4.69) is 15.4 Å². The zero-order valence-electron chi connectivity index (χ0n) is 19.3. The molecule has 2 aromatic heterocycles. The average Bonchev–Trinajstić information content (AvgIpc) is 3.21. The first-order chi connectivity index (χ1) is 17.1. The maximum absolute atomic E-state index is 12.7. The molecule has 7 nitrogen and oxygen atoms in total. The minimum atomic E-state index is -4.29. The molecule has 11 heteroatoms. The quantitative estimate of drug-likeness (QED) is 0.295. The van der Waals surface area contributed by atoms with Gasteiger partial charge in [0, 0.05) is 23.2 Å². The molecular formula is C25H23ClF3N5O2. The Labute approximate surface area is 210 Å². The highest BCUT2D eigenvalue weighted by Crippen LogP contribution is 2.28. The lowest BCUT2D eigenvalue weighted by molar-refractivity contribution is -0.131. The molecular weight excluding hydrogens is 495 g/mol. The number of alkyl halides is 3. The normalized spacial score (nSPS) is 11.6. The summed E-state index contributed by atoms with van der Waals surface area (Å²) in [6, 6.07) is 13.6. The van der Waals surface area contributed by atoms with Crippen LogP contribution in [-0.4, -0.2) is 33.2 Å². The fourth-order valence-corrected chi connectivity index (χ4v) is 3.86. The number of halogens is 4. The largest absolute Gasteiger partial charge is 0.438 e. The summed E-state index contributed by atoms with van der Waals surface area (Å²) in [7, 11) is 0. The van der Waals surface area contributed by atoms with Crippen molar-refractivity contribution >= 4 is 28.8 Å². The highest BCUT2D eigenvalue weighted by atomic mass is 35.5. The smallest absolute Gasteiger partial charge is 0.390 e. The molecule has 2 heterocycles. The molecule has 0 bridgehead atoms. The van der Waals surface area contributed by atoms with Gasteiger partial charge in [0.1, 0.15) is 5.75 Å². The first-order valence-electron chi connectivity index (χ1n) is 11.1. The van der Waals surface area contributed by atoms with Crippen LogP contribution in [0.4, 0.5) is 18.9 Å². The summed E-state index contributed by atoms with van der Waals surface area (Å²) in [6.45, 7) is 1.50. The predicted octanol–water partition coefficient (Wildman–Crippen LogP) is 5.73. The van der Waals surface area contributed by atoms with E-state index in [1.54, 1.807) is 41.0 Å². The second kappa shape index (κ2) is 10.4. The molecule has 0 unspecified atom stereocenters. The average molecular weight is 518 g/mol. The van der Waals surface area contributed by atoms with Crippen molar-refractivity contribution in [1.82, 2.24) is 14.6 Å². The van der Waals surface area contributed by atoms with Gasteiger partial charge in [-0.2, -0.15) is 13.2 Å². The molecule has 4 aromatic rings. The molecule has 0 fully saturated rings. The van der Waals surface area contributed by atoms with Crippen molar-refractivity contribution in [3.63, 3.8) is 0 Å². The van der Waals surface area contributed by atoms with Gasteiger partial charge in [0.05, 0.1) is 24.0 Å². The van der Waals surface area contributed by atoms with E-state index in [-0.39, 0.29) is 12.4 Å². The van der Waals surface area contributed by atoms with Gasteiger partial charge in [0.15, 0.2) is 5.65 Å². The number of ether oxygens (including phenoxy) is 1. The molecule has 0 atom stereocenters. The number of rotatable bonds is 9. The molecule has 2 aromatic carbocycles. The van der Waals surface area contributed by atoms with Crippen molar-refractivity contribution in [2.24, 2.45) is 5.73 Å². The van der Waals surface area contributed by atoms with Gasteiger partial charge in [0.25, 0.3) is 0 Å². The number of hydrogen-bond donors (Lipinski definition) is 2. The van der Waals surface area contributed by atoms with E-state index in [1.807, 2.05) is 19.1 Å². The third-order valence-corrected chi connectivity index (χ3v) is 5.75. The Bertz CT molecular complexity index is 1390. The van der Waals surface area contributed by atoms with Gasteiger partial charge in [-0.3, -0.25) is 4.79 Å². The Kier molecular flexibility index (Phi) is 7.35. The lowest BCUT2D eigenvalue weighted by Crippen LogP contribution is -2.15. The summed E-state index contributed by atoms with van der Waals surface area (Å²) in [6.07, 6.45) is -2.50. The van der Waals surface area contributed by atoms with E-state index < -0.39 is 18.5 Å². The van der Waals surface area contributed by atoms with Crippen LogP contribution in [0, 0.1) is 6.92 Å². The number of nitrogens with two attached hydrogens (primary N) is 1. The molecule has 4 rings (SSSR count). The number of nitrogens with zero attached hydrogens (tertiary/aromatic N) is 3. The summed E-state index contributed by atoms with van der Waals surface area (Å²) in [5, 5.41) is 7.85. The van der Waals surface area contributed by atoms with Crippen LogP contribution in [0.15, 0.2) is 54.7 Å². The summed E-state index contributed by atoms with van der Waals surface area (Å²) in [5.74, 6) is 0.170. The van der Waals surface area contributed by atoms with E-state index >= 15 is 0 Å². The van der Waals surface area contributed by atoms with Crippen LogP contribution < -0.4 is 15.8 Å². The third-order valence-electron chi connectivity index (χ3n) is 5.50. The van der Waals surface area contributed by atoms with Crippen LogP contribution in [0.1, 0.15) is 33.6 Å². The second-order valence-electron chi connectivity index (χ2n) is 8.24. The number of benzene rings is 2. The highest BCUT2D eigenvalue weighted by molar-refractivity contribution is 6.30. The number of amides is 1. The van der Waals surface area contributed by atoms with Gasteiger partial charge < -0.3 is 15.8 Å². The van der Waals surface area contributed by atoms with E-state index in [1.165, 1.54) is 6.07 Å². The summed E-state index contributed by atoms with van der Waals surface area (Å²) in [5.41, 5.74) is 9.11. The van der Waals surface area contributed by atoms with E-state index in [0.29, 0.717) is 40.5 Å². The van der Waals surface area contributed by atoms with Crippen molar-refractivity contribution in [3.8, 4) is 11.6 Å². The second-order valence-corrected chi connectivity index (χ2v) is 8.68. The Hall–Kier alpha value is -3.79. The Morgan fingerprint density at radius 1 is 1.14 bits per heavy atom. The molecule has 0 aliphatic carbocycles. The van der Waals surface area contributed by atoms with Crippen LogP contribution in [0.2, 0.25) is 5.02 Å². The minimum Gasteiger partial charge on any atom is -0.438 e. The van der Waals surface area contributed by atoms with Gasteiger partial charge in [-0.1, -0.05) is 23.7 Å². The molecule has 0 aliphatic heterocycles. The first kappa shape index (κ1) is 25.3. The SMILES string of the molecule is Cc1cc(CCc2cnc3c(NCCC(F)(F)F)cc(Oc4ccc(Cl)cc4)nn23)ccc1C(N)=O. The molecule has 1 amide bonds. The van der Waals surface area contributed by atoms with Gasteiger partial charge >= 0.3 is 6.18 Å². The first-order valence-corrected chi connectivity index (χ1v) is 11.5. The topological polar surface area (TPSA) is 94.5 Å². The molecule has 3 N–H and O–H groups in total. The number of aryl methyl sites for hydroxylation is 3. The number of carbonyl (C=O) groups excluding carboxylic acids is 1. The Balaban J connectivity index is 1.61. The lowest BCUT2D eigenvalue weighted by Gasteiger charge is -2.13. The van der Waals surface area contributed by atoms with E-state index in [4.69, 9.17) is 22.1 Å². The Morgan fingerprint density at radius 3 is 2.56 bits per heavy atom. The molecule has 0 saturated heterocycles. The standard InChI is InChI=1S/C25H23ClF3N5O2/c1-15-12-16(3-9-20(15)23(30)35)2-6-18-14-32-24-21(31-11-10-25(27,28)29)13-22(33-34(18)24)36-19-7-4-17(26)5-8-19/h3-5,7-9,12-14,31H,2,6,10-11H2,1H3,(H2,30,35). The van der Waals surface area contributed by atoms with Gasteiger partial charge in [-0.15, -0.1) is 5.10 Å². The molecule has 0 aliphatic rings. The third kappa shape index (κ3) is 6.25. The van der Waals surface area contributed by atoms with Gasteiger partial charge in [0.2, 0.25) is 11.8 Å². The lowest BCUT2D eigenvalue weighted by atomic mass is 10.0. The van der Waals surface area contributed by atoms with Crippen LogP contribution >= 0.6 is 11.6 Å². The Morgan fingerprint density at radius 2 is 1.89 bits per heavy atom. The number of nitrogens with one attached hydrogen (secondary N) is 1. The minimum absolute atomic E-state index is 0.181. The number of hydrogen-bond acceptors (Lipinski definition) is 5. The van der Waals surface area contributed by atoms with Gasteiger partial charge in [-0.05, 0) is 61.2 Å². The maximum Gasteiger partial charge on any atom is 0.390 e. The number of aromatic nitrogens is 3.